The zero-order valence-electron chi connectivity index (χ0n) is 13.6. The molecule has 2 aliphatic rings. The third kappa shape index (κ3) is 3.64. The molecule has 0 spiro atoms. The van der Waals surface area contributed by atoms with Crippen LogP contribution in [0.4, 0.5) is 0 Å². The molecule has 1 atom stereocenters. The van der Waals surface area contributed by atoms with E-state index >= 15 is 0 Å². The van der Waals surface area contributed by atoms with Gasteiger partial charge < -0.3 is 10.6 Å². The van der Waals surface area contributed by atoms with Gasteiger partial charge in [-0.2, -0.15) is 0 Å². The molecule has 3 nitrogen and oxygen atoms in total. The molecular formula is C18H27ClN2O. The molecule has 122 valence electrons. The van der Waals surface area contributed by atoms with Crippen molar-refractivity contribution in [3.8, 4) is 0 Å². The summed E-state index contributed by atoms with van der Waals surface area (Å²) in [7, 11) is 0. The Bertz CT molecular complexity index is 542. The Morgan fingerprint density at radius 1 is 1.27 bits per heavy atom. The maximum Gasteiger partial charge on any atom is 0.251 e. The second-order valence-electron chi connectivity index (χ2n) is 7.15. The number of amides is 1. The van der Waals surface area contributed by atoms with Gasteiger partial charge in [-0.15, -0.1) is 12.4 Å². The zero-order valence-corrected chi connectivity index (χ0v) is 14.4. The lowest BCUT2D eigenvalue weighted by Crippen LogP contribution is -2.52. The lowest BCUT2D eigenvalue weighted by Gasteiger charge is -2.39. The van der Waals surface area contributed by atoms with E-state index in [9.17, 15) is 4.79 Å². The average Bonchev–Trinajstić information content (AvgIpc) is 2.92. The van der Waals surface area contributed by atoms with Crippen molar-refractivity contribution in [3.05, 3.63) is 34.9 Å². The normalized spacial score (nSPS) is 22.5. The van der Waals surface area contributed by atoms with E-state index in [1.165, 1.54) is 30.4 Å². The molecule has 1 fully saturated rings. The van der Waals surface area contributed by atoms with Crippen LogP contribution in [-0.2, 0) is 12.8 Å². The minimum atomic E-state index is 0. The van der Waals surface area contributed by atoms with E-state index in [-0.39, 0.29) is 23.7 Å². The van der Waals surface area contributed by atoms with Crippen molar-refractivity contribution in [2.75, 3.05) is 13.1 Å². The zero-order chi connectivity index (χ0) is 14.9. The van der Waals surface area contributed by atoms with E-state index in [2.05, 4.69) is 36.6 Å². The highest BCUT2D eigenvalue weighted by molar-refractivity contribution is 5.94. The van der Waals surface area contributed by atoms with Crippen molar-refractivity contribution in [1.82, 2.24) is 10.6 Å². The Kier molecular flexibility index (Phi) is 5.51. The summed E-state index contributed by atoms with van der Waals surface area (Å²) in [6, 6.07) is 6.54. The molecule has 1 saturated heterocycles. The van der Waals surface area contributed by atoms with Crippen LogP contribution >= 0.6 is 12.4 Å². The third-order valence-corrected chi connectivity index (χ3v) is 5.16. The van der Waals surface area contributed by atoms with Crippen LogP contribution in [-0.4, -0.2) is 25.0 Å². The second-order valence-corrected chi connectivity index (χ2v) is 7.15. The molecule has 1 aromatic rings. The van der Waals surface area contributed by atoms with E-state index in [1.54, 1.807) is 0 Å². The van der Waals surface area contributed by atoms with Crippen molar-refractivity contribution in [3.63, 3.8) is 0 Å². The summed E-state index contributed by atoms with van der Waals surface area (Å²) in [5.74, 6) is 0.0628. The van der Waals surface area contributed by atoms with Gasteiger partial charge >= 0.3 is 0 Å². The first kappa shape index (κ1) is 17.3. The predicted octanol–water partition coefficient (Wildman–Crippen LogP) is 3.11. The molecule has 1 unspecified atom stereocenters. The van der Waals surface area contributed by atoms with Gasteiger partial charge in [-0.05, 0) is 67.3 Å². The van der Waals surface area contributed by atoms with Crippen molar-refractivity contribution in [2.24, 2.45) is 5.41 Å². The van der Waals surface area contributed by atoms with E-state index in [4.69, 9.17) is 0 Å². The fourth-order valence-corrected chi connectivity index (χ4v) is 3.63. The second kappa shape index (κ2) is 7.01. The Hall–Kier alpha value is -1.06. The monoisotopic (exact) mass is 322 g/mol. The van der Waals surface area contributed by atoms with Gasteiger partial charge in [0.05, 0.1) is 0 Å². The van der Waals surface area contributed by atoms with E-state index in [1.807, 2.05) is 6.07 Å². The van der Waals surface area contributed by atoms with Crippen molar-refractivity contribution in [1.29, 1.82) is 0 Å². The molecule has 2 N–H and O–H groups in total. The van der Waals surface area contributed by atoms with Crippen molar-refractivity contribution in [2.45, 2.75) is 52.0 Å². The molecule has 0 aromatic heterocycles. The molecular weight excluding hydrogens is 296 g/mol. The minimum Gasteiger partial charge on any atom is -0.350 e. The summed E-state index contributed by atoms with van der Waals surface area (Å²) in [5, 5.41) is 6.66. The van der Waals surface area contributed by atoms with E-state index in [0.29, 0.717) is 12.6 Å². The van der Waals surface area contributed by atoms with Crippen LogP contribution in [0.1, 0.15) is 54.6 Å². The molecule has 0 bridgehead atoms. The van der Waals surface area contributed by atoms with Crippen LogP contribution in [0.15, 0.2) is 18.2 Å². The van der Waals surface area contributed by atoms with E-state index in [0.717, 1.165) is 24.9 Å². The molecule has 22 heavy (non-hydrogen) atoms. The van der Waals surface area contributed by atoms with Gasteiger partial charge in [0.15, 0.2) is 0 Å². The molecule has 1 aliphatic carbocycles. The SMILES string of the molecule is CC1(C)CCCNC1CNC(=O)c1ccc2c(c1)CCC2.Cl. The molecule has 3 rings (SSSR count). The molecule has 0 saturated carbocycles. The summed E-state index contributed by atoms with van der Waals surface area (Å²) in [6.07, 6.45) is 5.95. The maximum absolute atomic E-state index is 12.4. The molecule has 1 aromatic carbocycles. The summed E-state index contributed by atoms with van der Waals surface area (Å²) in [5.41, 5.74) is 3.84. The number of fused-ring (bicyclic) bond motifs is 1. The van der Waals surface area contributed by atoms with Crippen LogP contribution in [0.2, 0.25) is 0 Å². The Labute approximate surface area is 139 Å². The quantitative estimate of drug-likeness (QED) is 0.897. The number of rotatable bonds is 3. The summed E-state index contributed by atoms with van der Waals surface area (Å²) < 4.78 is 0. The lowest BCUT2D eigenvalue weighted by atomic mass is 9.77. The van der Waals surface area contributed by atoms with Crippen molar-refractivity contribution < 1.29 is 4.79 Å². The predicted molar refractivity (Wildman–Crippen MR) is 92.9 cm³/mol. The van der Waals surface area contributed by atoms with Crippen molar-refractivity contribution >= 4 is 18.3 Å². The highest BCUT2D eigenvalue weighted by atomic mass is 35.5. The van der Waals surface area contributed by atoms with Crippen LogP contribution < -0.4 is 10.6 Å². The Morgan fingerprint density at radius 3 is 2.82 bits per heavy atom. The number of benzene rings is 1. The first-order chi connectivity index (χ1) is 10.1. The average molecular weight is 323 g/mol. The van der Waals surface area contributed by atoms with Crippen LogP contribution in [0.3, 0.4) is 0 Å². The Morgan fingerprint density at radius 2 is 2.05 bits per heavy atom. The van der Waals surface area contributed by atoms with Gasteiger partial charge in [0.2, 0.25) is 0 Å². The number of hydrogen-bond acceptors (Lipinski definition) is 2. The summed E-state index contributed by atoms with van der Waals surface area (Å²) in [6.45, 7) is 6.34. The first-order valence-corrected chi connectivity index (χ1v) is 8.20. The third-order valence-electron chi connectivity index (χ3n) is 5.16. The number of piperidine rings is 1. The number of hydrogen-bond donors (Lipinski definition) is 2. The van der Waals surface area contributed by atoms with E-state index < -0.39 is 0 Å². The standard InChI is InChI=1S/C18H26N2O.ClH/c1-18(2)9-4-10-19-16(18)12-20-17(21)15-8-7-13-5-3-6-14(13)11-15;/h7-8,11,16,19H,3-6,9-10,12H2,1-2H3,(H,20,21);1H. The largest absolute Gasteiger partial charge is 0.350 e. The number of nitrogens with one attached hydrogen (secondary N) is 2. The molecule has 0 radical (unpaired) electrons. The summed E-state index contributed by atoms with van der Waals surface area (Å²) >= 11 is 0. The summed E-state index contributed by atoms with van der Waals surface area (Å²) in [4.78, 5) is 12.4. The smallest absolute Gasteiger partial charge is 0.251 e. The number of halogens is 1. The van der Waals surface area contributed by atoms with Gasteiger partial charge in [0.1, 0.15) is 0 Å². The van der Waals surface area contributed by atoms with Crippen LogP contribution in [0, 0.1) is 5.41 Å². The minimum absolute atomic E-state index is 0. The molecule has 4 heteroatoms. The Balaban J connectivity index is 0.00000176. The highest BCUT2D eigenvalue weighted by Crippen LogP contribution is 2.29. The molecule has 1 aliphatic heterocycles. The van der Waals surface area contributed by atoms with Gasteiger partial charge in [-0.3, -0.25) is 4.79 Å². The van der Waals surface area contributed by atoms with Crippen LogP contribution in [0.25, 0.3) is 0 Å². The van der Waals surface area contributed by atoms with Gasteiger partial charge in [-0.25, -0.2) is 0 Å². The molecule has 1 heterocycles. The van der Waals surface area contributed by atoms with Gasteiger partial charge in [-0.1, -0.05) is 19.9 Å². The first-order valence-electron chi connectivity index (χ1n) is 8.20. The maximum atomic E-state index is 12.4. The fourth-order valence-electron chi connectivity index (χ4n) is 3.63. The fraction of sp³-hybridized carbons (Fsp3) is 0.611. The van der Waals surface area contributed by atoms with Gasteiger partial charge in [0, 0.05) is 18.2 Å². The number of carbonyl (C=O) groups excluding carboxylic acids is 1. The topological polar surface area (TPSA) is 41.1 Å². The number of carbonyl (C=O) groups is 1. The van der Waals surface area contributed by atoms with Crippen LogP contribution in [0.5, 0.6) is 0 Å². The number of aryl methyl sites for hydroxylation is 2. The van der Waals surface area contributed by atoms with Gasteiger partial charge in [0.25, 0.3) is 5.91 Å². The molecule has 1 amide bonds. The highest BCUT2D eigenvalue weighted by Gasteiger charge is 2.32. The lowest BCUT2D eigenvalue weighted by molar-refractivity contribution is 0.0929.